The zero-order valence-corrected chi connectivity index (χ0v) is 12.1. The van der Waals surface area contributed by atoms with Crippen LogP contribution < -0.4 is 0 Å². The van der Waals surface area contributed by atoms with Crippen molar-refractivity contribution in [2.45, 2.75) is 0 Å². The summed E-state index contributed by atoms with van der Waals surface area (Å²) in [4.78, 5) is 0. The second-order valence-corrected chi connectivity index (χ2v) is 4.84. The van der Waals surface area contributed by atoms with Crippen LogP contribution in [0.15, 0.2) is 101 Å². The van der Waals surface area contributed by atoms with E-state index >= 15 is 0 Å². The molecule has 106 valence electrons. The van der Waals surface area contributed by atoms with E-state index in [9.17, 15) is 0 Å². The standard InChI is InChI=1S/C20H16N2/c1-4-10-17(11-5-1)16-20(18-12-6-2-7-13-18)22-21-19-14-8-3-9-15-19/h1-16H. The Morgan fingerprint density at radius 2 is 1.18 bits per heavy atom. The van der Waals surface area contributed by atoms with Gasteiger partial charge in [-0.2, -0.15) is 5.11 Å². The first-order chi connectivity index (χ1) is 10.9. The number of benzene rings is 3. The third-order valence-corrected chi connectivity index (χ3v) is 3.20. The number of hydrogen-bond acceptors (Lipinski definition) is 2. The van der Waals surface area contributed by atoms with Gasteiger partial charge in [0.1, 0.15) is 0 Å². The van der Waals surface area contributed by atoms with Crippen LogP contribution in [0.25, 0.3) is 11.8 Å². The Morgan fingerprint density at radius 1 is 0.636 bits per heavy atom. The molecule has 0 heterocycles. The molecule has 0 N–H and O–H groups in total. The Kier molecular flexibility index (Phi) is 4.53. The molecule has 3 rings (SSSR count). The van der Waals surface area contributed by atoms with Crippen LogP contribution in [0.5, 0.6) is 0 Å². The topological polar surface area (TPSA) is 24.7 Å². The van der Waals surface area contributed by atoms with Gasteiger partial charge in [-0.15, -0.1) is 5.11 Å². The van der Waals surface area contributed by atoms with E-state index in [0.29, 0.717) is 0 Å². The summed E-state index contributed by atoms with van der Waals surface area (Å²) in [7, 11) is 0. The van der Waals surface area contributed by atoms with Crippen molar-refractivity contribution in [2.24, 2.45) is 10.2 Å². The van der Waals surface area contributed by atoms with Gasteiger partial charge in [-0.1, -0.05) is 78.9 Å². The number of hydrogen-bond donors (Lipinski definition) is 0. The van der Waals surface area contributed by atoms with Crippen molar-refractivity contribution < 1.29 is 0 Å². The molecule has 0 amide bonds. The molecule has 2 heteroatoms. The fourth-order valence-electron chi connectivity index (χ4n) is 2.09. The van der Waals surface area contributed by atoms with E-state index in [1.807, 2.05) is 84.9 Å². The SMILES string of the molecule is C(=C(N=Nc1ccccc1)c1ccccc1)c1ccccc1. The Balaban J connectivity index is 1.97. The maximum Gasteiger partial charge on any atom is 0.0935 e. The molecule has 0 aliphatic heterocycles. The normalized spacial score (nSPS) is 11.7. The maximum atomic E-state index is 4.45. The first-order valence-corrected chi connectivity index (χ1v) is 7.21. The number of rotatable bonds is 4. The monoisotopic (exact) mass is 284 g/mol. The zero-order chi connectivity index (χ0) is 15.0. The molecule has 0 bridgehead atoms. The summed E-state index contributed by atoms with van der Waals surface area (Å²) in [6.07, 6.45) is 2.04. The summed E-state index contributed by atoms with van der Waals surface area (Å²) >= 11 is 0. The lowest BCUT2D eigenvalue weighted by molar-refractivity contribution is 1.24. The molecule has 0 saturated carbocycles. The van der Waals surface area contributed by atoms with E-state index in [0.717, 1.165) is 22.5 Å². The second-order valence-electron chi connectivity index (χ2n) is 4.84. The molecule has 0 fully saturated rings. The molecule has 0 aromatic heterocycles. The van der Waals surface area contributed by atoms with Gasteiger partial charge in [-0.05, 0) is 23.8 Å². The highest BCUT2D eigenvalue weighted by atomic mass is 15.1. The Labute approximate surface area is 130 Å². The predicted octanol–water partition coefficient (Wildman–Crippen LogP) is 5.97. The zero-order valence-electron chi connectivity index (χ0n) is 12.1. The van der Waals surface area contributed by atoms with Crippen LogP contribution in [0.4, 0.5) is 5.69 Å². The molecule has 0 atom stereocenters. The minimum absolute atomic E-state index is 0.843. The molecular formula is C20H16N2. The molecule has 0 radical (unpaired) electrons. The summed E-state index contributed by atoms with van der Waals surface area (Å²) in [5.41, 5.74) is 3.84. The molecular weight excluding hydrogens is 268 g/mol. The quantitative estimate of drug-likeness (QED) is 0.416. The van der Waals surface area contributed by atoms with Crippen LogP contribution in [0.2, 0.25) is 0 Å². The van der Waals surface area contributed by atoms with Gasteiger partial charge in [0.05, 0.1) is 11.4 Å². The summed E-state index contributed by atoms with van der Waals surface area (Å²) in [6.45, 7) is 0. The van der Waals surface area contributed by atoms with Gasteiger partial charge < -0.3 is 0 Å². The number of nitrogens with zero attached hydrogens (tertiary/aromatic N) is 2. The first kappa shape index (κ1) is 14.0. The lowest BCUT2D eigenvalue weighted by Gasteiger charge is -2.02. The predicted molar refractivity (Wildman–Crippen MR) is 91.7 cm³/mol. The van der Waals surface area contributed by atoms with Gasteiger partial charge >= 0.3 is 0 Å². The average molecular weight is 284 g/mol. The minimum Gasteiger partial charge on any atom is -0.151 e. The van der Waals surface area contributed by atoms with Crippen molar-refractivity contribution in [3.05, 3.63) is 102 Å². The summed E-state index contributed by atoms with van der Waals surface area (Å²) in [6, 6.07) is 30.0. The highest BCUT2D eigenvalue weighted by Gasteiger charge is 2.00. The Hall–Kier alpha value is -3.00. The lowest BCUT2D eigenvalue weighted by atomic mass is 10.1. The van der Waals surface area contributed by atoms with Crippen LogP contribution in [-0.4, -0.2) is 0 Å². The lowest BCUT2D eigenvalue weighted by Crippen LogP contribution is -1.80. The van der Waals surface area contributed by atoms with E-state index < -0.39 is 0 Å². The fraction of sp³-hybridized carbons (Fsp3) is 0. The molecule has 0 spiro atoms. The van der Waals surface area contributed by atoms with E-state index in [2.05, 4.69) is 22.4 Å². The van der Waals surface area contributed by atoms with Crippen molar-refractivity contribution >= 4 is 17.5 Å². The maximum absolute atomic E-state index is 4.45. The van der Waals surface area contributed by atoms with Crippen molar-refractivity contribution in [3.8, 4) is 0 Å². The fourth-order valence-corrected chi connectivity index (χ4v) is 2.09. The van der Waals surface area contributed by atoms with Crippen LogP contribution in [0, 0.1) is 0 Å². The van der Waals surface area contributed by atoms with Crippen LogP contribution in [-0.2, 0) is 0 Å². The van der Waals surface area contributed by atoms with Gasteiger partial charge in [-0.3, -0.25) is 0 Å². The molecule has 0 aliphatic rings. The van der Waals surface area contributed by atoms with E-state index in [1.165, 1.54) is 0 Å². The third kappa shape index (κ3) is 3.76. The molecule has 2 nitrogen and oxygen atoms in total. The van der Waals surface area contributed by atoms with E-state index in [1.54, 1.807) is 0 Å². The summed E-state index contributed by atoms with van der Waals surface area (Å²) in [5, 5.41) is 8.78. The molecule has 0 saturated heterocycles. The summed E-state index contributed by atoms with van der Waals surface area (Å²) < 4.78 is 0. The highest BCUT2D eigenvalue weighted by molar-refractivity contribution is 5.80. The second kappa shape index (κ2) is 7.14. The van der Waals surface area contributed by atoms with Gasteiger partial charge in [0.2, 0.25) is 0 Å². The smallest absolute Gasteiger partial charge is 0.0935 e. The average Bonchev–Trinajstić information content (AvgIpc) is 2.61. The number of azo groups is 1. The molecule has 3 aromatic rings. The van der Waals surface area contributed by atoms with Gasteiger partial charge in [0.15, 0.2) is 0 Å². The summed E-state index contributed by atoms with van der Waals surface area (Å²) in [5.74, 6) is 0. The molecule has 0 aliphatic carbocycles. The molecule has 0 unspecified atom stereocenters. The third-order valence-electron chi connectivity index (χ3n) is 3.20. The van der Waals surface area contributed by atoms with Crippen LogP contribution in [0.3, 0.4) is 0 Å². The first-order valence-electron chi connectivity index (χ1n) is 7.21. The van der Waals surface area contributed by atoms with Crippen LogP contribution in [0.1, 0.15) is 11.1 Å². The minimum atomic E-state index is 0.843. The van der Waals surface area contributed by atoms with Crippen LogP contribution >= 0.6 is 0 Å². The Morgan fingerprint density at radius 3 is 1.82 bits per heavy atom. The van der Waals surface area contributed by atoms with E-state index in [4.69, 9.17) is 0 Å². The largest absolute Gasteiger partial charge is 0.151 e. The van der Waals surface area contributed by atoms with Crippen molar-refractivity contribution in [1.82, 2.24) is 0 Å². The van der Waals surface area contributed by atoms with Crippen molar-refractivity contribution in [3.63, 3.8) is 0 Å². The highest BCUT2D eigenvalue weighted by Crippen LogP contribution is 2.22. The van der Waals surface area contributed by atoms with Crippen molar-refractivity contribution in [2.75, 3.05) is 0 Å². The van der Waals surface area contributed by atoms with E-state index in [-0.39, 0.29) is 0 Å². The molecule has 3 aromatic carbocycles. The Bertz CT molecular complexity index is 761. The van der Waals surface area contributed by atoms with Gasteiger partial charge in [-0.25, -0.2) is 0 Å². The molecule has 22 heavy (non-hydrogen) atoms. The van der Waals surface area contributed by atoms with Gasteiger partial charge in [0.25, 0.3) is 0 Å². The van der Waals surface area contributed by atoms with Crippen molar-refractivity contribution in [1.29, 1.82) is 0 Å². The van der Waals surface area contributed by atoms with Gasteiger partial charge in [0, 0.05) is 5.56 Å².